The van der Waals surface area contributed by atoms with Crippen LogP contribution in [0.2, 0.25) is 0 Å². The third kappa shape index (κ3) is 3.95. The monoisotopic (exact) mass is 440 g/mol. The van der Waals surface area contributed by atoms with E-state index >= 15 is 0 Å². The summed E-state index contributed by atoms with van der Waals surface area (Å²) in [5.41, 5.74) is 7.94. The van der Waals surface area contributed by atoms with Crippen molar-refractivity contribution in [2.45, 2.75) is 58.6 Å². The zero-order valence-corrected chi connectivity index (χ0v) is 19.2. The number of benzene rings is 1. The number of hydrogen-bond acceptors (Lipinski definition) is 5. The zero-order valence-electron chi connectivity index (χ0n) is 19.2. The minimum atomic E-state index is -0.485. The second kappa shape index (κ2) is 8.52. The maximum absolute atomic E-state index is 13.4. The van der Waals surface area contributed by atoms with Gasteiger partial charge in [0.15, 0.2) is 0 Å². The van der Waals surface area contributed by atoms with E-state index in [9.17, 15) is 9.90 Å². The van der Waals surface area contributed by atoms with Gasteiger partial charge in [0.05, 0.1) is 35.1 Å². The average molecular weight is 441 g/mol. The van der Waals surface area contributed by atoms with Gasteiger partial charge in [-0.1, -0.05) is 6.07 Å². The van der Waals surface area contributed by atoms with Crippen LogP contribution in [0.5, 0.6) is 0 Å². The lowest BCUT2D eigenvalue weighted by molar-refractivity contribution is 0.134. The van der Waals surface area contributed by atoms with E-state index in [2.05, 4.69) is 27.9 Å². The van der Waals surface area contributed by atoms with Crippen molar-refractivity contribution in [3.05, 3.63) is 87.4 Å². The molecule has 33 heavy (non-hydrogen) atoms. The van der Waals surface area contributed by atoms with E-state index in [1.165, 1.54) is 0 Å². The lowest BCUT2D eigenvalue weighted by Crippen LogP contribution is -2.29. The highest BCUT2D eigenvalue weighted by Crippen LogP contribution is 2.30. The number of pyridine rings is 2. The summed E-state index contributed by atoms with van der Waals surface area (Å²) < 4.78 is 1.63. The predicted molar refractivity (Wildman–Crippen MR) is 129 cm³/mol. The number of aromatic nitrogens is 4. The Morgan fingerprint density at radius 3 is 2.58 bits per heavy atom. The van der Waals surface area contributed by atoms with E-state index in [1.807, 2.05) is 44.3 Å². The van der Waals surface area contributed by atoms with Crippen molar-refractivity contribution in [3.63, 3.8) is 0 Å². The van der Waals surface area contributed by atoms with E-state index in [-0.39, 0.29) is 11.6 Å². The topological polar surface area (TPSA) is 80.9 Å². The fourth-order valence-corrected chi connectivity index (χ4v) is 4.90. The van der Waals surface area contributed by atoms with E-state index < -0.39 is 6.10 Å². The van der Waals surface area contributed by atoms with Crippen molar-refractivity contribution in [2.75, 3.05) is 0 Å². The number of aliphatic hydroxyl groups is 1. The molecule has 1 N–H and O–H groups in total. The van der Waals surface area contributed by atoms with Gasteiger partial charge in [-0.15, -0.1) is 0 Å². The van der Waals surface area contributed by atoms with Crippen molar-refractivity contribution in [1.82, 2.24) is 19.5 Å². The van der Waals surface area contributed by atoms with Gasteiger partial charge < -0.3 is 5.11 Å². The molecule has 6 heteroatoms. The molecule has 1 aromatic carbocycles. The van der Waals surface area contributed by atoms with E-state index in [1.54, 1.807) is 17.1 Å². The molecule has 0 bridgehead atoms. The Kier molecular flexibility index (Phi) is 5.54. The third-order valence-electron chi connectivity index (χ3n) is 6.96. The second-order valence-electron chi connectivity index (χ2n) is 9.12. The Balaban J connectivity index is 1.51. The fraction of sp³-hybridized carbons (Fsp3) is 0.333. The lowest BCUT2D eigenvalue weighted by atomic mass is 9.95. The van der Waals surface area contributed by atoms with Crippen LogP contribution in [-0.2, 0) is 6.42 Å². The highest BCUT2D eigenvalue weighted by Gasteiger charge is 2.28. The maximum Gasteiger partial charge on any atom is 0.261 e. The van der Waals surface area contributed by atoms with Gasteiger partial charge in [0.1, 0.15) is 0 Å². The first-order valence-corrected chi connectivity index (χ1v) is 11.5. The SMILES string of the molecule is Cc1cc(-c2ccc(Cc3cc4c(=O)n([C@H]5CCC[C@@H]5O)cnc4c(C)c3C)cn2)ccn1. The number of rotatable bonds is 4. The molecule has 0 aliphatic heterocycles. The maximum atomic E-state index is 13.4. The molecular formula is C27H28N4O2. The first-order chi connectivity index (χ1) is 15.9. The standard InChI is InChI=1S/C27H28N4O2/c1-16-11-20(9-10-28-16)23-8-7-19(14-29-23)12-21-13-22-26(18(3)17(21)2)30-15-31(27(22)33)24-5-4-6-25(24)32/h7-11,13-15,24-25,32H,4-6,12H2,1-3H3/t24-,25-/m0/s1. The molecule has 1 aliphatic rings. The molecule has 0 spiro atoms. The van der Waals surface area contributed by atoms with Gasteiger partial charge in [-0.25, -0.2) is 4.98 Å². The van der Waals surface area contributed by atoms with Crippen LogP contribution in [0.4, 0.5) is 0 Å². The molecule has 0 unspecified atom stereocenters. The zero-order chi connectivity index (χ0) is 23.1. The van der Waals surface area contributed by atoms with E-state index in [4.69, 9.17) is 0 Å². The molecule has 0 amide bonds. The minimum absolute atomic E-state index is 0.0724. The second-order valence-corrected chi connectivity index (χ2v) is 9.12. The highest BCUT2D eigenvalue weighted by atomic mass is 16.3. The minimum Gasteiger partial charge on any atom is -0.391 e. The fourth-order valence-electron chi connectivity index (χ4n) is 4.90. The van der Waals surface area contributed by atoms with Crippen molar-refractivity contribution < 1.29 is 5.11 Å². The molecule has 0 radical (unpaired) electrons. The lowest BCUT2D eigenvalue weighted by Gasteiger charge is -2.19. The molecule has 3 heterocycles. The van der Waals surface area contributed by atoms with Crippen LogP contribution < -0.4 is 5.56 Å². The van der Waals surface area contributed by atoms with Crippen LogP contribution in [-0.4, -0.2) is 30.7 Å². The summed E-state index contributed by atoms with van der Waals surface area (Å²) in [4.78, 5) is 26.9. The Morgan fingerprint density at radius 2 is 1.88 bits per heavy atom. The van der Waals surface area contributed by atoms with Gasteiger partial charge >= 0.3 is 0 Å². The molecule has 5 rings (SSSR count). The summed E-state index contributed by atoms with van der Waals surface area (Å²) in [5.74, 6) is 0. The number of nitrogens with zero attached hydrogens (tertiary/aromatic N) is 4. The highest BCUT2D eigenvalue weighted by molar-refractivity contribution is 5.83. The van der Waals surface area contributed by atoms with Gasteiger partial charge in [0, 0.05) is 23.7 Å². The molecule has 168 valence electrons. The Labute approximate surface area is 193 Å². The summed E-state index contributed by atoms with van der Waals surface area (Å²) in [6, 6.07) is 9.90. The van der Waals surface area contributed by atoms with E-state index in [0.717, 1.165) is 64.0 Å². The van der Waals surface area contributed by atoms with Gasteiger partial charge in [-0.05, 0) is 93.0 Å². The summed E-state index contributed by atoms with van der Waals surface area (Å²) in [6.07, 6.45) is 7.98. The average Bonchev–Trinajstić information content (AvgIpc) is 3.24. The van der Waals surface area contributed by atoms with Gasteiger partial charge in [0.2, 0.25) is 0 Å². The van der Waals surface area contributed by atoms with Crippen LogP contribution in [0.1, 0.15) is 53.3 Å². The molecule has 1 fully saturated rings. The van der Waals surface area contributed by atoms with Crippen molar-refractivity contribution in [3.8, 4) is 11.3 Å². The van der Waals surface area contributed by atoms with Crippen LogP contribution >= 0.6 is 0 Å². The normalized spacial score (nSPS) is 18.2. The van der Waals surface area contributed by atoms with Gasteiger partial charge in [-0.2, -0.15) is 0 Å². The van der Waals surface area contributed by atoms with Crippen LogP contribution in [0.3, 0.4) is 0 Å². The number of aliphatic hydroxyl groups excluding tert-OH is 1. The number of fused-ring (bicyclic) bond motifs is 1. The summed E-state index contributed by atoms with van der Waals surface area (Å²) in [6.45, 7) is 6.08. The van der Waals surface area contributed by atoms with Gasteiger partial charge in [0.25, 0.3) is 5.56 Å². The molecule has 3 aromatic heterocycles. The first-order valence-electron chi connectivity index (χ1n) is 11.5. The van der Waals surface area contributed by atoms with Crippen molar-refractivity contribution in [1.29, 1.82) is 0 Å². The summed E-state index contributed by atoms with van der Waals surface area (Å²) in [7, 11) is 0. The number of aryl methyl sites for hydroxylation is 2. The largest absolute Gasteiger partial charge is 0.391 e. The van der Waals surface area contributed by atoms with E-state index in [0.29, 0.717) is 11.8 Å². The van der Waals surface area contributed by atoms with Crippen molar-refractivity contribution in [2.24, 2.45) is 0 Å². The van der Waals surface area contributed by atoms with Crippen LogP contribution in [0.25, 0.3) is 22.2 Å². The summed E-state index contributed by atoms with van der Waals surface area (Å²) in [5, 5.41) is 10.9. The predicted octanol–water partition coefficient (Wildman–Crippen LogP) is 4.46. The van der Waals surface area contributed by atoms with Gasteiger partial charge in [-0.3, -0.25) is 19.3 Å². The smallest absolute Gasteiger partial charge is 0.261 e. The molecule has 1 aliphatic carbocycles. The number of hydrogen-bond donors (Lipinski definition) is 1. The Hall–Kier alpha value is -3.38. The first kappa shape index (κ1) is 21.5. The quantitative estimate of drug-likeness (QED) is 0.507. The van der Waals surface area contributed by atoms with Crippen LogP contribution in [0.15, 0.2) is 53.8 Å². The van der Waals surface area contributed by atoms with Crippen molar-refractivity contribution >= 4 is 10.9 Å². The Morgan fingerprint density at radius 1 is 1.03 bits per heavy atom. The molecule has 1 saturated carbocycles. The third-order valence-corrected chi connectivity index (χ3v) is 6.96. The molecule has 2 atom stereocenters. The van der Waals surface area contributed by atoms with Crippen LogP contribution in [0, 0.1) is 20.8 Å². The molecule has 4 aromatic rings. The molecular weight excluding hydrogens is 412 g/mol. The Bertz CT molecular complexity index is 1390. The molecule has 0 saturated heterocycles. The summed E-state index contributed by atoms with van der Waals surface area (Å²) >= 11 is 0. The molecule has 6 nitrogen and oxygen atoms in total.